The Morgan fingerprint density at radius 2 is 2.32 bits per heavy atom. The van der Waals surface area contributed by atoms with Gasteiger partial charge in [-0.3, -0.25) is 4.79 Å². The van der Waals surface area contributed by atoms with E-state index in [-0.39, 0.29) is 11.1 Å². The van der Waals surface area contributed by atoms with Crippen LogP contribution in [0.15, 0.2) is 29.4 Å². The van der Waals surface area contributed by atoms with Gasteiger partial charge < -0.3 is 10.1 Å². The van der Waals surface area contributed by atoms with Gasteiger partial charge in [-0.2, -0.15) is 0 Å². The molecule has 0 spiro atoms. The van der Waals surface area contributed by atoms with Gasteiger partial charge in [-0.1, -0.05) is 6.07 Å². The predicted molar refractivity (Wildman–Crippen MR) is 68.3 cm³/mol. The Hall–Kier alpha value is -1.47. The summed E-state index contributed by atoms with van der Waals surface area (Å²) in [5.41, 5.74) is 0. The number of pyridine rings is 1. The lowest BCUT2D eigenvalue weighted by Crippen LogP contribution is -2.35. The number of carbonyl (C=O) groups excluding carboxylic acids is 1. The molecule has 0 unspecified atom stereocenters. The monoisotopic (exact) mass is 284 g/mol. The molecule has 0 bridgehead atoms. The first-order valence-corrected chi connectivity index (χ1v) is 7.75. The Bertz CT molecular complexity index is 524. The fraction of sp³-hybridized carbons (Fsp3) is 0.500. The van der Waals surface area contributed by atoms with Crippen LogP contribution in [0.2, 0.25) is 0 Å². The Labute approximate surface area is 112 Å². The maximum Gasteiger partial charge on any atom is 0.235 e. The van der Waals surface area contributed by atoms with Gasteiger partial charge in [-0.05, 0) is 25.0 Å². The predicted octanol–water partition coefficient (Wildman–Crippen LogP) is 0.150. The third-order valence-corrected chi connectivity index (χ3v) is 4.35. The maximum absolute atomic E-state index is 11.9. The van der Waals surface area contributed by atoms with Gasteiger partial charge in [0.25, 0.3) is 0 Å². The first kappa shape index (κ1) is 14.0. The first-order valence-electron chi connectivity index (χ1n) is 6.10. The SMILES string of the molecule is O=C(CS(=O)(=O)c1ccccn1)NC[C@@H]1CCCO1. The van der Waals surface area contributed by atoms with Gasteiger partial charge in [-0.15, -0.1) is 0 Å². The second-order valence-corrected chi connectivity index (χ2v) is 6.30. The number of aromatic nitrogens is 1. The summed E-state index contributed by atoms with van der Waals surface area (Å²) in [6, 6.07) is 4.57. The minimum atomic E-state index is -3.67. The molecule has 2 heterocycles. The Morgan fingerprint density at radius 1 is 1.47 bits per heavy atom. The highest BCUT2D eigenvalue weighted by atomic mass is 32.2. The van der Waals surface area contributed by atoms with E-state index >= 15 is 0 Å². The second kappa shape index (κ2) is 6.12. The van der Waals surface area contributed by atoms with Crippen molar-refractivity contribution in [3.05, 3.63) is 24.4 Å². The Balaban J connectivity index is 1.87. The Morgan fingerprint density at radius 3 is 2.95 bits per heavy atom. The van der Waals surface area contributed by atoms with Gasteiger partial charge in [-0.25, -0.2) is 13.4 Å². The van der Waals surface area contributed by atoms with Crippen LogP contribution < -0.4 is 5.32 Å². The number of amides is 1. The van der Waals surface area contributed by atoms with E-state index in [4.69, 9.17) is 4.74 Å². The fourth-order valence-electron chi connectivity index (χ4n) is 1.86. The molecule has 1 aliphatic rings. The summed E-state index contributed by atoms with van der Waals surface area (Å²) in [6.07, 6.45) is 3.26. The fourth-order valence-corrected chi connectivity index (χ4v) is 2.96. The van der Waals surface area contributed by atoms with Crippen molar-refractivity contribution in [3.8, 4) is 0 Å². The lowest BCUT2D eigenvalue weighted by Gasteiger charge is -2.10. The number of hydrogen-bond acceptors (Lipinski definition) is 5. The molecule has 2 rings (SSSR count). The van der Waals surface area contributed by atoms with Crippen molar-refractivity contribution < 1.29 is 17.9 Å². The number of rotatable bonds is 5. The molecule has 104 valence electrons. The topological polar surface area (TPSA) is 85.4 Å². The van der Waals surface area contributed by atoms with Crippen LogP contribution in [0.5, 0.6) is 0 Å². The molecule has 1 N–H and O–H groups in total. The molecule has 0 saturated carbocycles. The van der Waals surface area contributed by atoms with E-state index in [2.05, 4.69) is 10.3 Å². The third kappa shape index (κ3) is 4.00. The minimum Gasteiger partial charge on any atom is -0.376 e. The summed E-state index contributed by atoms with van der Waals surface area (Å²) in [4.78, 5) is 15.4. The molecule has 19 heavy (non-hydrogen) atoms. The van der Waals surface area contributed by atoms with Gasteiger partial charge in [0.1, 0.15) is 5.75 Å². The molecule has 7 heteroatoms. The van der Waals surface area contributed by atoms with Gasteiger partial charge in [0, 0.05) is 19.3 Å². The summed E-state index contributed by atoms with van der Waals surface area (Å²) in [6.45, 7) is 1.06. The maximum atomic E-state index is 11.9. The summed E-state index contributed by atoms with van der Waals surface area (Å²) < 4.78 is 29.1. The number of nitrogens with zero attached hydrogens (tertiary/aromatic N) is 1. The van der Waals surface area contributed by atoms with Crippen molar-refractivity contribution in [2.75, 3.05) is 18.9 Å². The molecule has 0 aliphatic carbocycles. The molecule has 1 aromatic rings. The van der Waals surface area contributed by atoms with E-state index in [9.17, 15) is 13.2 Å². The van der Waals surface area contributed by atoms with Crippen molar-refractivity contribution in [3.63, 3.8) is 0 Å². The summed E-state index contributed by atoms with van der Waals surface area (Å²) in [5, 5.41) is 2.50. The van der Waals surface area contributed by atoms with E-state index < -0.39 is 21.5 Å². The average Bonchev–Trinajstić information content (AvgIpc) is 2.90. The van der Waals surface area contributed by atoms with Crippen LogP contribution in [0, 0.1) is 0 Å². The third-order valence-electron chi connectivity index (χ3n) is 2.83. The minimum absolute atomic E-state index is 0.00139. The molecular weight excluding hydrogens is 268 g/mol. The number of hydrogen-bond donors (Lipinski definition) is 1. The molecular formula is C12H16N2O4S. The van der Waals surface area contributed by atoms with Crippen LogP contribution >= 0.6 is 0 Å². The standard InChI is InChI=1S/C12H16N2O4S/c15-11(14-8-10-4-3-7-18-10)9-19(16,17)12-5-1-2-6-13-12/h1-2,5-6,10H,3-4,7-9H2,(H,14,15)/t10-/m0/s1. The molecule has 0 aromatic carbocycles. The van der Waals surface area contributed by atoms with Crippen molar-refractivity contribution >= 4 is 15.7 Å². The molecule has 6 nitrogen and oxygen atoms in total. The number of sulfone groups is 1. The molecule has 1 aromatic heterocycles. The zero-order chi connectivity index (χ0) is 13.7. The van der Waals surface area contributed by atoms with Crippen LogP contribution in [0.25, 0.3) is 0 Å². The van der Waals surface area contributed by atoms with Crippen LogP contribution in [0.1, 0.15) is 12.8 Å². The average molecular weight is 284 g/mol. The molecule has 1 saturated heterocycles. The zero-order valence-electron chi connectivity index (χ0n) is 10.4. The van der Waals surface area contributed by atoms with Crippen LogP contribution in [0.3, 0.4) is 0 Å². The lowest BCUT2D eigenvalue weighted by atomic mass is 10.2. The van der Waals surface area contributed by atoms with Crippen molar-refractivity contribution in [1.29, 1.82) is 0 Å². The number of nitrogens with one attached hydrogen (secondary N) is 1. The van der Waals surface area contributed by atoms with Gasteiger partial charge >= 0.3 is 0 Å². The first-order chi connectivity index (χ1) is 9.08. The smallest absolute Gasteiger partial charge is 0.235 e. The van der Waals surface area contributed by atoms with Crippen molar-refractivity contribution in [1.82, 2.24) is 10.3 Å². The summed E-state index contributed by atoms with van der Waals surface area (Å²) in [5.74, 6) is -1.11. The van der Waals surface area contributed by atoms with E-state index in [1.54, 1.807) is 12.1 Å². The van der Waals surface area contributed by atoms with Gasteiger partial charge in [0.2, 0.25) is 15.7 Å². The van der Waals surface area contributed by atoms with Crippen molar-refractivity contribution in [2.24, 2.45) is 0 Å². The van der Waals surface area contributed by atoms with Crippen LogP contribution in [-0.2, 0) is 19.4 Å². The van der Waals surface area contributed by atoms with Crippen LogP contribution in [-0.4, -0.2) is 44.3 Å². The zero-order valence-corrected chi connectivity index (χ0v) is 11.2. The second-order valence-electron chi connectivity index (χ2n) is 4.37. The van der Waals surface area contributed by atoms with E-state index in [1.807, 2.05) is 0 Å². The number of ether oxygens (including phenoxy) is 1. The number of carbonyl (C=O) groups is 1. The molecule has 0 radical (unpaired) electrons. The summed E-state index contributed by atoms with van der Waals surface area (Å²) >= 11 is 0. The molecule has 1 aliphatic heterocycles. The highest BCUT2D eigenvalue weighted by Gasteiger charge is 2.22. The molecule has 1 atom stereocenters. The lowest BCUT2D eigenvalue weighted by molar-refractivity contribution is -0.119. The van der Waals surface area contributed by atoms with Crippen LogP contribution in [0.4, 0.5) is 0 Å². The van der Waals surface area contributed by atoms with Gasteiger partial charge in [0.05, 0.1) is 6.10 Å². The van der Waals surface area contributed by atoms with Crippen molar-refractivity contribution in [2.45, 2.75) is 24.0 Å². The highest BCUT2D eigenvalue weighted by Crippen LogP contribution is 2.11. The molecule has 1 fully saturated rings. The van der Waals surface area contributed by atoms with E-state index in [0.29, 0.717) is 13.2 Å². The Kier molecular flexibility index (Phi) is 4.49. The summed E-state index contributed by atoms with van der Waals surface area (Å²) in [7, 11) is -3.67. The quantitative estimate of drug-likeness (QED) is 0.832. The largest absolute Gasteiger partial charge is 0.376 e. The highest BCUT2D eigenvalue weighted by molar-refractivity contribution is 7.92. The normalized spacial score (nSPS) is 19.3. The van der Waals surface area contributed by atoms with Gasteiger partial charge in [0.15, 0.2) is 5.03 Å². The molecule has 1 amide bonds. The van der Waals surface area contributed by atoms with E-state index in [1.165, 1.54) is 12.3 Å². The van der Waals surface area contributed by atoms with E-state index in [0.717, 1.165) is 12.8 Å².